The summed E-state index contributed by atoms with van der Waals surface area (Å²) in [5.74, 6) is -0.128. The zero-order chi connectivity index (χ0) is 23.3. The average Bonchev–Trinajstić information content (AvgIpc) is 2.76. The summed E-state index contributed by atoms with van der Waals surface area (Å²) in [6.07, 6.45) is -4.76. The summed E-state index contributed by atoms with van der Waals surface area (Å²) >= 11 is 4.06. The van der Waals surface area contributed by atoms with Gasteiger partial charge in [-0.25, -0.2) is 4.98 Å². The number of methoxy groups -OCH3 is 1. The summed E-state index contributed by atoms with van der Waals surface area (Å²) < 4.78 is 46.8. The van der Waals surface area contributed by atoms with Crippen molar-refractivity contribution in [2.75, 3.05) is 18.2 Å². The number of rotatable bonds is 6. The minimum absolute atomic E-state index is 0.0360. The number of alkyl halides is 3. The van der Waals surface area contributed by atoms with Crippen LogP contribution in [0.5, 0.6) is 5.75 Å². The number of pyridine rings is 1. The highest BCUT2D eigenvalue weighted by molar-refractivity contribution is 9.10. The van der Waals surface area contributed by atoms with Crippen LogP contribution in [0.3, 0.4) is 0 Å². The summed E-state index contributed by atoms with van der Waals surface area (Å²) in [4.78, 5) is 16.6. The molecule has 0 aliphatic carbocycles. The summed E-state index contributed by atoms with van der Waals surface area (Å²) in [5, 5.41) is 11.9. The number of carbonyl (C=O) groups excluding carboxylic acids is 1. The molecule has 2 aromatic carbocycles. The molecule has 0 aliphatic rings. The number of aromatic nitrogens is 1. The lowest BCUT2D eigenvalue weighted by atomic mass is 10.1. The first-order valence-electron chi connectivity index (χ1n) is 9.06. The highest BCUT2D eigenvalue weighted by Gasteiger charge is 2.36. The molecule has 3 aromatic rings. The third-order valence-corrected chi connectivity index (χ3v) is 5.71. The summed E-state index contributed by atoms with van der Waals surface area (Å²) in [7, 11) is 1.48. The number of anilines is 1. The van der Waals surface area contributed by atoms with Gasteiger partial charge < -0.3 is 10.1 Å². The van der Waals surface area contributed by atoms with Gasteiger partial charge in [-0.15, -0.1) is 0 Å². The molecule has 0 saturated carbocycles. The quantitative estimate of drug-likeness (QED) is 0.394. The third-order valence-electron chi connectivity index (χ3n) is 4.24. The number of hydrogen-bond acceptors (Lipinski definition) is 5. The molecule has 0 fully saturated rings. The molecule has 1 heterocycles. The van der Waals surface area contributed by atoms with Crippen molar-refractivity contribution in [1.29, 1.82) is 5.26 Å². The van der Waals surface area contributed by atoms with E-state index in [1.807, 2.05) is 0 Å². The van der Waals surface area contributed by atoms with E-state index in [-0.39, 0.29) is 16.5 Å². The van der Waals surface area contributed by atoms with Crippen molar-refractivity contribution in [2.45, 2.75) is 11.2 Å². The fraction of sp³-hybridized carbons (Fsp3) is 0.136. The number of amides is 1. The Bertz CT molecular complexity index is 1180. The molecule has 164 valence electrons. The molecule has 0 bridgehead atoms. The Morgan fingerprint density at radius 2 is 1.94 bits per heavy atom. The van der Waals surface area contributed by atoms with E-state index >= 15 is 0 Å². The maximum absolute atomic E-state index is 13.7. The first-order chi connectivity index (χ1) is 15.2. The SMILES string of the molecule is COc1ccc(-c2cc(C(F)(F)F)c(C#N)c(SCC(=O)Nc3cccc(Br)c3)n2)cc1. The molecular formula is C22H15BrF3N3O2S. The Kier molecular flexibility index (Phi) is 7.43. The lowest BCUT2D eigenvalue weighted by Gasteiger charge is -2.14. The van der Waals surface area contributed by atoms with Gasteiger partial charge in [-0.05, 0) is 48.5 Å². The van der Waals surface area contributed by atoms with Crippen LogP contribution in [0.1, 0.15) is 11.1 Å². The van der Waals surface area contributed by atoms with E-state index in [1.54, 1.807) is 54.6 Å². The predicted molar refractivity (Wildman–Crippen MR) is 119 cm³/mol. The number of benzene rings is 2. The van der Waals surface area contributed by atoms with E-state index in [2.05, 4.69) is 26.2 Å². The number of ether oxygens (including phenoxy) is 1. The van der Waals surface area contributed by atoms with E-state index in [1.165, 1.54) is 7.11 Å². The highest BCUT2D eigenvalue weighted by Crippen LogP contribution is 2.38. The van der Waals surface area contributed by atoms with Crippen molar-refractivity contribution in [3.05, 3.63) is 70.2 Å². The van der Waals surface area contributed by atoms with Gasteiger partial charge in [0.05, 0.1) is 29.7 Å². The van der Waals surface area contributed by atoms with Crippen LogP contribution in [0.2, 0.25) is 0 Å². The smallest absolute Gasteiger partial charge is 0.417 e. The lowest BCUT2D eigenvalue weighted by molar-refractivity contribution is -0.138. The molecule has 1 aromatic heterocycles. The largest absolute Gasteiger partial charge is 0.497 e. The zero-order valence-electron chi connectivity index (χ0n) is 16.5. The predicted octanol–water partition coefficient (Wildman–Crippen LogP) is 6.14. The molecule has 0 unspecified atom stereocenters. The van der Waals surface area contributed by atoms with Crippen LogP contribution < -0.4 is 10.1 Å². The van der Waals surface area contributed by atoms with Crippen molar-refractivity contribution in [3.63, 3.8) is 0 Å². The maximum Gasteiger partial charge on any atom is 0.417 e. The molecule has 0 atom stereocenters. The van der Waals surface area contributed by atoms with E-state index in [0.29, 0.717) is 17.0 Å². The van der Waals surface area contributed by atoms with Gasteiger partial charge in [0.15, 0.2) is 0 Å². The normalized spacial score (nSPS) is 11.0. The fourth-order valence-electron chi connectivity index (χ4n) is 2.76. The average molecular weight is 522 g/mol. The van der Waals surface area contributed by atoms with Crippen molar-refractivity contribution < 1.29 is 22.7 Å². The minimum atomic E-state index is -4.76. The lowest BCUT2D eigenvalue weighted by Crippen LogP contribution is -2.15. The second-order valence-electron chi connectivity index (χ2n) is 6.42. The monoisotopic (exact) mass is 521 g/mol. The standard InChI is InChI=1S/C22H15BrF3N3O2S/c1-31-16-7-5-13(6-8-16)19-10-18(22(24,25)26)17(11-27)21(29-19)32-12-20(30)28-15-4-2-3-14(23)9-15/h2-10H,12H2,1H3,(H,28,30). The van der Waals surface area contributed by atoms with E-state index in [9.17, 15) is 23.2 Å². The van der Waals surface area contributed by atoms with E-state index < -0.39 is 23.2 Å². The van der Waals surface area contributed by atoms with Crippen LogP contribution in [0, 0.1) is 11.3 Å². The van der Waals surface area contributed by atoms with Crippen LogP contribution in [-0.4, -0.2) is 23.8 Å². The Morgan fingerprint density at radius 1 is 1.22 bits per heavy atom. The summed E-state index contributed by atoms with van der Waals surface area (Å²) in [5.41, 5.74) is -0.734. The van der Waals surface area contributed by atoms with Gasteiger partial charge in [-0.3, -0.25) is 4.79 Å². The van der Waals surface area contributed by atoms with Crippen LogP contribution in [0.15, 0.2) is 64.1 Å². The van der Waals surface area contributed by atoms with E-state index in [0.717, 1.165) is 22.3 Å². The third kappa shape index (κ3) is 5.81. The summed E-state index contributed by atoms with van der Waals surface area (Å²) in [6.45, 7) is 0. The first-order valence-corrected chi connectivity index (χ1v) is 10.8. The van der Waals surface area contributed by atoms with Gasteiger partial charge in [0, 0.05) is 15.7 Å². The minimum Gasteiger partial charge on any atom is -0.497 e. The zero-order valence-corrected chi connectivity index (χ0v) is 18.9. The number of carbonyl (C=O) groups is 1. The molecule has 32 heavy (non-hydrogen) atoms. The number of hydrogen-bond donors (Lipinski definition) is 1. The molecule has 0 aliphatic heterocycles. The molecule has 5 nitrogen and oxygen atoms in total. The van der Waals surface area contributed by atoms with Crippen molar-refractivity contribution in [3.8, 4) is 23.1 Å². The summed E-state index contributed by atoms with van der Waals surface area (Å²) in [6, 6.07) is 15.7. The van der Waals surface area contributed by atoms with Gasteiger partial charge in [0.1, 0.15) is 16.8 Å². The van der Waals surface area contributed by atoms with Crippen LogP contribution in [0.25, 0.3) is 11.3 Å². The number of thioether (sulfide) groups is 1. The highest BCUT2D eigenvalue weighted by atomic mass is 79.9. The fourth-order valence-corrected chi connectivity index (χ4v) is 3.97. The van der Waals surface area contributed by atoms with Gasteiger partial charge in [-0.2, -0.15) is 18.4 Å². The van der Waals surface area contributed by atoms with Crippen LogP contribution in [-0.2, 0) is 11.0 Å². The molecule has 0 radical (unpaired) electrons. The first kappa shape index (κ1) is 23.6. The Morgan fingerprint density at radius 3 is 2.53 bits per heavy atom. The van der Waals surface area contributed by atoms with Crippen molar-refractivity contribution in [2.24, 2.45) is 0 Å². The van der Waals surface area contributed by atoms with Crippen LogP contribution >= 0.6 is 27.7 Å². The number of nitrogens with zero attached hydrogens (tertiary/aromatic N) is 2. The Labute approximate surface area is 194 Å². The molecule has 1 N–H and O–H groups in total. The van der Waals surface area contributed by atoms with Crippen molar-refractivity contribution in [1.82, 2.24) is 4.98 Å². The Hall–Kier alpha value is -3.03. The molecule has 10 heteroatoms. The molecule has 0 saturated heterocycles. The molecule has 1 amide bonds. The molecule has 3 rings (SSSR count). The topological polar surface area (TPSA) is 75.0 Å². The maximum atomic E-state index is 13.7. The number of nitrogens with one attached hydrogen (secondary N) is 1. The van der Waals surface area contributed by atoms with E-state index in [4.69, 9.17) is 4.74 Å². The van der Waals surface area contributed by atoms with Gasteiger partial charge in [-0.1, -0.05) is 33.8 Å². The van der Waals surface area contributed by atoms with Gasteiger partial charge in [0.2, 0.25) is 5.91 Å². The van der Waals surface area contributed by atoms with Gasteiger partial charge >= 0.3 is 6.18 Å². The second-order valence-corrected chi connectivity index (χ2v) is 8.30. The van der Waals surface area contributed by atoms with Gasteiger partial charge in [0.25, 0.3) is 0 Å². The molecular weight excluding hydrogens is 507 g/mol. The second kappa shape index (κ2) is 10.1. The Balaban J connectivity index is 1.92. The van der Waals surface area contributed by atoms with Crippen LogP contribution in [0.4, 0.5) is 18.9 Å². The van der Waals surface area contributed by atoms with Crippen molar-refractivity contribution >= 4 is 39.3 Å². The molecule has 0 spiro atoms. The number of nitriles is 1. The number of halogens is 4.